The summed E-state index contributed by atoms with van der Waals surface area (Å²) in [4.78, 5) is 39.4. The summed E-state index contributed by atoms with van der Waals surface area (Å²) in [7, 11) is 0. The van der Waals surface area contributed by atoms with E-state index in [4.69, 9.17) is 4.74 Å². The van der Waals surface area contributed by atoms with Gasteiger partial charge in [0.1, 0.15) is 12.1 Å². The monoisotopic (exact) mass is 413 g/mol. The molecule has 0 radical (unpaired) electrons. The molecule has 1 unspecified atom stereocenters. The summed E-state index contributed by atoms with van der Waals surface area (Å²) in [6.07, 6.45) is 6.58. The van der Waals surface area contributed by atoms with Gasteiger partial charge in [0.15, 0.2) is 5.82 Å². The highest BCUT2D eigenvalue weighted by Gasteiger charge is 2.32. The topological polar surface area (TPSA) is 96.7 Å². The Hall–Kier alpha value is -3.17. The minimum Gasteiger partial charge on any atom is -0.450 e. The number of amides is 2. The summed E-state index contributed by atoms with van der Waals surface area (Å²) in [5, 5.41) is 4.22. The molecule has 2 aliphatic heterocycles. The lowest BCUT2D eigenvalue weighted by Crippen LogP contribution is -2.53. The lowest BCUT2D eigenvalue weighted by Gasteiger charge is -2.39. The van der Waals surface area contributed by atoms with E-state index in [-0.39, 0.29) is 17.9 Å². The van der Waals surface area contributed by atoms with Gasteiger partial charge in [0, 0.05) is 57.7 Å². The first-order valence-electron chi connectivity index (χ1n) is 10.4. The zero-order chi connectivity index (χ0) is 20.9. The zero-order valence-electron chi connectivity index (χ0n) is 17.2. The molecule has 4 heterocycles. The van der Waals surface area contributed by atoms with Crippen LogP contribution in [-0.4, -0.2) is 87.4 Å². The molecule has 10 nitrogen and oxygen atoms in total. The van der Waals surface area contributed by atoms with Crippen LogP contribution in [0.15, 0.2) is 30.9 Å². The van der Waals surface area contributed by atoms with Crippen molar-refractivity contribution in [3.63, 3.8) is 0 Å². The van der Waals surface area contributed by atoms with Gasteiger partial charge >= 0.3 is 6.09 Å². The molecular weight excluding hydrogens is 386 g/mol. The maximum absolute atomic E-state index is 13.1. The molecule has 30 heavy (non-hydrogen) atoms. The van der Waals surface area contributed by atoms with Crippen LogP contribution >= 0.6 is 0 Å². The van der Waals surface area contributed by atoms with Crippen molar-refractivity contribution in [2.75, 3.05) is 50.8 Å². The Labute approximate surface area is 175 Å². The van der Waals surface area contributed by atoms with Crippen molar-refractivity contribution in [3.05, 3.63) is 30.9 Å². The van der Waals surface area contributed by atoms with E-state index in [0.29, 0.717) is 45.1 Å². The first-order chi connectivity index (χ1) is 14.7. The molecule has 1 atom stereocenters. The number of anilines is 1. The Morgan fingerprint density at radius 2 is 1.87 bits per heavy atom. The summed E-state index contributed by atoms with van der Waals surface area (Å²) in [6, 6.07) is 3.75. The summed E-state index contributed by atoms with van der Waals surface area (Å²) in [5.74, 6) is 1.59. The standard InChI is InChI=1S/C20H27N7O3/c1-2-30-20(29)25-11-9-24(10-12-25)19(28)16-5-3-7-26(14-16)17-13-18(22-15-21-17)27-8-4-6-23-27/h4,6,8,13,15-16H,2-3,5,7,9-12,14H2,1H3. The Balaban J connectivity index is 1.37. The molecule has 2 aliphatic rings. The van der Waals surface area contributed by atoms with E-state index in [2.05, 4.69) is 20.0 Å². The molecule has 0 N–H and O–H groups in total. The third-order valence-corrected chi connectivity index (χ3v) is 5.59. The van der Waals surface area contributed by atoms with Crippen LogP contribution in [0.25, 0.3) is 5.82 Å². The highest BCUT2D eigenvalue weighted by Crippen LogP contribution is 2.24. The molecule has 160 valence electrons. The van der Waals surface area contributed by atoms with Gasteiger partial charge in [0.2, 0.25) is 5.91 Å². The molecule has 2 fully saturated rings. The smallest absolute Gasteiger partial charge is 0.409 e. The second-order valence-electron chi connectivity index (χ2n) is 7.48. The highest BCUT2D eigenvalue weighted by molar-refractivity contribution is 5.80. The number of aromatic nitrogens is 4. The van der Waals surface area contributed by atoms with Crippen molar-refractivity contribution in [2.24, 2.45) is 5.92 Å². The van der Waals surface area contributed by atoms with Crippen molar-refractivity contribution < 1.29 is 14.3 Å². The Kier molecular flexibility index (Phi) is 6.10. The van der Waals surface area contributed by atoms with Crippen LogP contribution in [0.5, 0.6) is 0 Å². The number of piperazine rings is 1. The van der Waals surface area contributed by atoms with E-state index in [1.54, 1.807) is 22.7 Å². The minimum absolute atomic E-state index is 0.0731. The Morgan fingerprint density at radius 1 is 1.10 bits per heavy atom. The predicted octanol–water partition coefficient (Wildman–Crippen LogP) is 1.18. The molecule has 10 heteroatoms. The van der Waals surface area contributed by atoms with Crippen molar-refractivity contribution >= 4 is 17.8 Å². The third-order valence-electron chi connectivity index (χ3n) is 5.59. The predicted molar refractivity (Wildman–Crippen MR) is 109 cm³/mol. The van der Waals surface area contributed by atoms with Gasteiger partial charge in [-0.3, -0.25) is 4.79 Å². The number of hydrogen-bond donors (Lipinski definition) is 0. The van der Waals surface area contributed by atoms with E-state index >= 15 is 0 Å². The Bertz CT molecular complexity index is 865. The van der Waals surface area contributed by atoms with Crippen molar-refractivity contribution in [2.45, 2.75) is 19.8 Å². The van der Waals surface area contributed by atoms with Gasteiger partial charge in [-0.15, -0.1) is 0 Å². The van der Waals surface area contributed by atoms with Gasteiger partial charge in [-0.2, -0.15) is 5.10 Å². The largest absolute Gasteiger partial charge is 0.450 e. The van der Waals surface area contributed by atoms with E-state index < -0.39 is 0 Å². The van der Waals surface area contributed by atoms with Crippen LogP contribution in [0.1, 0.15) is 19.8 Å². The first-order valence-corrected chi connectivity index (χ1v) is 10.4. The van der Waals surface area contributed by atoms with E-state index in [1.807, 2.05) is 23.2 Å². The van der Waals surface area contributed by atoms with E-state index in [0.717, 1.165) is 25.2 Å². The number of ether oxygens (including phenoxy) is 1. The SMILES string of the molecule is CCOC(=O)N1CCN(C(=O)C2CCCN(c3cc(-n4cccn4)ncn3)C2)CC1. The molecule has 2 aromatic rings. The summed E-state index contributed by atoms with van der Waals surface area (Å²) in [5.41, 5.74) is 0. The number of nitrogens with zero attached hydrogens (tertiary/aromatic N) is 7. The van der Waals surface area contributed by atoms with E-state index in [1.165, 1.54) is 6.33 Å². The zero-order valence-corrected chi connectivity index (χ0v) is 17.2. The lowest BCUT2D eigenvalue weighted by molar-refractivity contribution is -0.137. The number of hydrogen-bond acceptors (Lipinski definition) is 7. The summed E-state index contributed by atoms with van der Waals surface area (Å²) >= 11 is 0. The fourth-order valence-electron chi connectivity index (χ4n) is 4.01. The van der Waals surface area contributed by atoms with Crippen molar-refractivity contribution in [1.82, 2.24) is 29.5 Å². The van der Waals surface area contributed by atoms with Gasteiger partial charge in [-0.05, 0) is 25.8 Å². The van der Waals surface area contributed by atoms with Gasteiger partial charge in [0.25, 0.3) is 0 Å². The molecule has 2 aromatic heterocycles. The van der Waals surface area contributed by atoms with Crippen LogP contribution in [0, 0.1) is 5.92 Å². The fraction of sp³-hybridized carbons (Fsp3) is 0.550. The number of piperidine rings is 1. The normalized spacial score (nSPS) is 19.6. The van der Waals surface area contributed by atoms with Crippen LogP contribution in [0.3, 0.4) is 0 Å². The average Bonchev–Trinajstić information content (AvgIpc) is 3.34. The molecule has 0 spiro atoms. The quantitative estimate of drug-likeness (QED) is 0.742. The summed E-state index contributed by atoms with van der Waals surface area (Å²) < 4.78 is 6.75. The van der Waals surface area contributed by atoms with Crippen molar-refractivity contribution in [3.8, 4) is 5.82 Å². The van der Waals surface area contributed by atoms with Gasteiger partial charge < -0.3 is 19.4 Å². The minimum atomic E-state index is -0.301. The molecule has 4 rings (SSSR count). The number of carbonyl (C=O) groups excluding carboxylic acids is 2. The van der Waals surface area contributed by atoms with Crippen LogP contribution in [0.4, 0.5) is 10.6 Å². The second kappa shape index (κ2) is 9.10. The second-order valence-corrected chi connectivity index (χ2v) is 7.48. The van der Waals surface area contributed by atoms with Gasteiger partial charge in [-0.25, -0.2) is 19.4 Å². The first kappa shape index (κ1) is 20.1. The van der Waals surface area contributed by atoms with Crippen molar-refractivity contribution in [1.29, 1.82) is 0 Å². The van der Waals surface area contributed by atoms with Gasteiger partial charge in [0.05, 0.1) is 12.5 Å². The maximum Gasteiger partial charge on any atom is 0.409 e. The molecular formula is C20H27N7O3. The van der Waals surface area contributed by atoms with Crippen LogP contribution in [-0.2, 0) is 9.53 Å². The molecule has 0 aromatic carbocycles. The Morgan fingerprint density at radius 3 is 2.60 bits per heavy atom. The molecule has 2 saturated heterocycles. The molecule has 2 amide bonds. The number of rotatable bonds is 4. The van der Waals surface area contributed by atoms with Crippen LogP contribution in [0.2, 0.25) is 0 Å². The third kappa shape index (κ3) is 4.37. The summed E-state index contributed by atoms with van der Waals surface area (Å²) in [6.45, 7) is 5.77. The molecule has 0 bridgehead atoms. The van der Waals surface area contributed by atoms with E-state index in [9.17, 15) is 9.59 Å². The number of carbonyl (C=O) groups is 2. The van der Waals surface area contributed by atoms with Crippen LogP contribution < -0.4 is 4.90 Å². The highest BCUT2D eigenvalue weighted by atomic mass is 16.6. The molecule has 0 saturated carbocycles. The van der Waals surface area contributed by atoms with Gasteiger partial charge in [-0.1, -0.05) is 0 Å². The lowest BCUT2D eigenvalue weighted by atomic mass is 9.96. The molecule has 0 aliphatic carbocycles. The fourth-order valence-corrected chi connectivity index (χ4v) is 4.01. The average molecular weight is 413 g/mol. The maximum atomic E-state index is 13.1.